The summed E-state index contributed by atoms with van der Waals surface area (Å²) >= 11 is 0. The van der Waals surface area contributed by atoms with E-state index in [1.54, 1.807) is 10.9 Å². The van der Waals surface area contributed by atoms with Crippen molar-refractivity contribution in [1.82, 2.24) is 29.5 Å². The Balaban J connectivity index is 1.56. The van der Waals surface area contributed by atoms with Crippen LogP contribution in [0.25, 0.3) is 22.0 Å². The minimum atomic E-state index is -0.154. The number of aryl methyl sites for hydroxylation is 1. The van der Waals surface area contributed by atoms with Crippen molar-refractivity contribution in [2.45, 2.75) is 13.0 Å². The Labute approximate surface area is 157 Å². The highest BCUT2D eigenvalue weighted by molar-refractivity contribution is 5.90. The molecule has 1 fully saturated rings. The van der Waals surface area contributed by atoms with Gasteiger partial charge in [-0.1, -0.05) is 12.1 Å². The maximum Gasteiger partial charge on any atom is 0.324 e. The van der Waals surface area contributed by atoms with E-state index in [4.69, 9.17) is 0 Å². The number of hydrogen-bond acceptors (Lipinski definition) is 5. The van der Waals surface area contributed by atoms with Crippen LogP contribution in [0.15, 0.2) is 36.8 Å². The molecule has 0 unspecified atom stereocenters. The molecule has 3 heterocycles. The van der Waals surface area contributed by atoms with Crippen LogP contribution in [0.5, 0.6) is 0 Å². The molecule has 2 amide bonds. The van der Waals surface area contributed by atoms with Gasteiger partial charge in [-0.05, 0) is 25.6 Å². The summed E-state index contributed by atoms with van der Waals surface area (Å²) in [5.41, 5.74) is 2.84. The highest BCUT2D eigenvalue weighted by atomic mass is 16.2. The molecule has 0 spiro atoms. The number of fused-ring (bicyclic) bond motifs is 1. The Morgan fingerprint density at radius 2 is 2.04 bits per heavy atom. The lowest BCUT2D eigenvalue weighted by molar-refractivity contribution is 0.125. The number of anilines is 1. The minimum absolute atomic E-state index is 0.154. The van der Waals surface area contributed by atoms with E-state index in [1.807, 2.05) is 42.5 Å². The van der Waals surface area contributed by atoms with Crippen LogP contribution in [0, 0.1) is 0 Å². The van der Waals surface area contributed by atoms with Gasteiger partial charge in [0.05, 0.1) is 11.7 Å². The number of aromatic nitrogens is 4. The molecule has 3 aromatic rings. The fraction of sp³-hybridized carbons (Fsp3) is 0.368. The molecule has 1 aliphatic heterocycles. The molecule has 4 rings (SSSR count). The zero-order chi connectivity index (χ0) is 19.0. The first-order valence-corrected chi connectivity index (χ1v) is 9.01. The molecule has 1 saturated heterocycles. The maximum atomic E-state index is 12.6. The van der Waals surface area contributed by atoms with Gasteiger partial charge in [0.1, 0.15) is 0 Å². The number of likely N-dealkylation sites (N-methyl/N-ethyl adjacent to an activating group) is 1. The third-order valence-corrected chi connectivity index (χ3v) is 4.93. The molecular weight excluding hydrogens is 342 g/mol. The normalized spacial score (nSPS) is 18.0. The molecule has 0 aliphatic carbocycles. The van der Waals surface area contributed by atoms with Gasteiger partial charge in [-0.25, -0.2) is 14.8 Å². The summed E-state index contributed by atoms with van der Waals surface area (Å²) in [5, 5.41) is 7.98. The number of piperazine rings is 1. The second kappa shape index (κ2) is 6.96. The number of nitrogens with one attached hydrogen (secondary N) is 1. The summed E-state index contributed by atoms with van der Waals surface area (Å²) in [6.45, 7) is 4.48. The molecule has 8 heteroatoms. The van der Waals surface area contributed by atoms with Crippen molar-refractivity contribution in [2.75, 3.05) is 32.0 Å². The summed E-state index contributed by atoms with van der Waals surface area (Å²) in [7, 11) is 3.96. The van der Waals surface area contributed by atoms with Crippen LogP contribution < -0.4 is 5.32 Å². The molecule has 8 nitrogen and oxygen atoms in total. The van der Waals surface area contributed by atoms with E-state index in [-0.39, 0.29) is 12.1 Å². The van der Waals surface area contributed by atoms with Crippen molar-refractivity contribution in [3.05, 3.63) is 36.8 Å². The molecular formula is C19H23N7O. The predicted molar refractivity (Wildman–Crippen MR) is 104 cm³/mol. The Bertz CT molecular complexity index is 983. The first kappa shape index (κ1) is 17.4. The quantitative estimate of drug-likeness (QED) is 0.753. The summed E-state index contributed by atoms with van der Waals surface area (Å²) in [5.74, 6) is 0.321. The molecule has 0 bridgehead atoms. The summed E-state index contributed by atoms with van der Waals surface area (Å²) in [6.07, 6.45) is 5.51. The number of rotatable bonds is 2. The molecule has 0 saturated carbocycles. The number of amides is 2. The van der Waals surface area contributed by atoms with E-state index in [0.717, 1.165) is 35.1 Å². The van der Waals surface area contributed by atoms with Gasteiger partial charge in [0.15, 0.2) is 0 Å². The number of urea groups is 1. The van der Waals surface area contributed by atoms with E-state index in [0.29, 0.717) is 12.5 Å². The first-order valence-electron chi connectivity index (χ1n) is 9.01. The molecule has 1 atom stereocenters. The van der Waals surface area contributed by atoms with Crippen LogP contribution in [0.2, 0.25) is 0 Å². The molecule has 140 valence electrons. The standard InChI is InChI=1S/C19H23N7O/c1-13-11-24(2)6-7-26(13)19(27)23-18-20-9-15-5-4-14(8-17(15)22-18)16-10-21-25(3)12-16/h4-5,8-10,12-13H,6-7,11H2,1-3H3,(H,20,22,23,27)/t13-/m0/s1. The Morgan fingerprint density at radius 1 is 1.19 bits per heavy atom. The van der Waals surface area contributed by atoms with E-state index in [1.165, 1.54) is 0 Å². The highest BCUT2D eigenvalue weighted by Gasteiger charge is 2.26. The van der Waals surface area contributed by atoms with Crippen LogP contribution >= 0.6 is 0 Å². The van der Waals surface area contributed by atoms with E-state index in [2.05, 4.69) is 39.3 Å². The Kier molecular flexibility index (Phi) is 4.49. The predicted octanol–water partition coefficient (Wildman–Crippen LogP) is 2.20. The van der Waals surface area contributed by atoms with E-state index < -0.39 is 0 Å². The monoisotopic (exact) mass is 365 g/mol. The third-order valence-electron chi connectivity index (χ3n) is 4.93. The zero-order valence-electron chi connectivity index (χ0n) is 15.8. The van der Waals surface area contributed by atoms with E-state index >= 15 is 0 Å². The summed E-state index contributed by atoms with van der Waals surface area (Å²) < 4.78 is 1.77. The van der Waals surface area contributed by atoms with Gasteiger partial charge in [-0.3, -0.25) is 10.00 Å². The molecule has 0 radical (unpaired) electrons. The number of benzene rings is 1. The molecule has 1 aromatic carbocycles. The largest absolute Gasteiger partial charge is 0.324 e. The molecule has 1 aliphatic rings. The number of nitrogens with zero attached hydrogens (tertiary/aromatic N) is 6. The average Bonchev–Trinajstić information content (AvgIpc) is 3.07. The fourth-order valence-electron chi connectivity index (χ4n) is 3.44. The van der Waals surface area contributed by atoms with Crippen molar-refractivity contribution in [3.63, 3.8) is 0 Å². The number of carbonyl (C=O) groups excluding carboxylic acids is 1. The molecule has 1 N–H and O–H groups in total. The van der Waals surface area contributed by atoms with Crippen LogP contribution in [0.1, 0.15) is 6.92 Å². The summed E-state index contributed by atoms with van der Waals surface area (Å²) in [4.78, 5) is 25.5. The number of carbonyl (C=O) groups is 1. The first-order chi connectivity index (χ1) is 13.0. The van der Waals surface area contributed by atoms with Gasteiger partial charge < -0.3 is 9.80 Å². The van der Waals surface area contributed by atoms with Gasteiger partial charge in [-0.2, -0.15) is 5.10 Å². The van der Waals surface area contributed by atoms with Crippen LogP contribution in [-0.2, 0) is 7.05 Å². The SMILES string of the molecule is C[C@H]1CN(C)CCN1C(=O)Nc1ncc2ccc(-c3cnn(C)c3)cc2n1. The Hall–Kier alpha value is -3.00. The lowest BCUT2D eigenvalue weighted by atomic mass is 10.1. The van der Waals surface area contributed by atoms with Crippen molar-refractivity contribution in [2.24, 2.45) is 7.05 Å². The molecule has 2 aromatic heterocycles. The van der Waals surface area contributed by atoms with Crippen molar-refractivity contribution >= 4 is 22.9 Å². The summed E-state index contributed by atoms with van der Waals surface area (Å²) in [6, 6.07) is 5.99. The third kappa shape index (κ3) is 3.61. The van der Waals surface area contributed by atoms with Gasteiger partial charge >= 0.3 is 6.03 Å². The second-order valence-corrected chi connectivity index (χ2v) is 7.10. The average molecular weight is 365 g/mol. The van der Waals surface area contributed by atoms with Crippen molar-refractivity contribution < 1.29 is 4.79 Å². The maximum absolute atomic E-state index is 12.6. The highest BCUT2D eigenvalue weighted by Crippen LogP contribution is 2.23. The number of hydrogen-bond donors (Lipinski definition) is 1. The lowest BCUT2D eigenvalue weighted by Crippen LogP contribution is -2.54. The van der Waals surface area contributed by atoms with Gasteiger partial charge in [0.2, 0.25) is 5.95 Å². The second-order valence-electron chi connectivity index (χ2n) is 7.10. The van der Waals surface area contributed by atoms with Crippen LogP contribution in [0.3, 0.4) is 0 Å². The van der Waals surface area contributed by atoms with Crippen LogP contribution in [-0.4, -0.2) is 68.3 Å². The Morgan fingerprint density at radius 3 is 2.78 bits per heavy atom. The topological polar surface area (TPSA) is 79.2 Å². The zero-order valence-corrected chi connectivity index (χ0v) is 15.8. The van der Waals surface area contributed by atoms with Gasteiger partial charge in [0.25, 0.3) is 0 Å². The smallest absolute Gasteiger partial charge is 0.319 e. The molecule has 27 heavy (non-hydrogen) atoms. The van der Waals surface area contributed by atoms with E-state index in [9.17, 15) is 4.79 Å². The minimum Gasteiger partial charge on any atom is -0.319 e. The van der Waals surface area contributed by atoms with Gasteiger partial charge in [-0.15, -0.1) is 0 Å². The van der Waals surface area contributed by atoms with Crippen LogP contribution in [0.4, 0.5) is 10.7 Å². The van der Waals surface area contributed by atoms with Crippen molar-refractivity contribution in [3.8, 4) is 11.1 Å². The van der Waals surface area contributed by atoms with Crippen molar-refractivity contribution in [1.29, 1.82) is 0 Å². The fourth-order valence-corrected chi connectivity index (χ4v) is 3.44. The van der Waals surface area contributed by atoms with Gasteiger partial charge in [0, 0.05) is 56.1 Å². The lowest BCUT2D eigenvalue weighted by Gasteiger charge is -2.37.